The van der Waals surface area contributed by atoms with E-state index in [1.165, 1.54) is 11.1 Å². The molecule has 4 nitrogen and oxygen atoms in total. The van der Waals surface area contributed by atoms with Crippen molar-refractivity contribution in [3.63, 3.8) is 0 Å². The van der Waals surface area contributed by atoms with Gasteiger partial charge < -0.3 is 15.4 Å². The molecule has 0 fully saturated rings. The average Bonchev–Trinajstić information content (AvgIpc) is 2.59. The Balaban J connectivity index is 0.00000192. The van der Waals surface area contributed by atoms with Crippen LogP contribution in [0.3, 0.4) is 0 Å². The van der Waals surface area contributed by atoms with E-state index in [4.69, 9.17) is 4.74 Å². The molecule has 0 radical (unpaired) electrons. The monoisotopic (exact) mass is 332 g/mol. The summed E-state index contributed by atoms with van der Waals surface area (Å²) < 4.78 is 5.10. The Morgan fingerprint density at radius 2 is 1.96 bits per heavy atom. The molecule has 2 N–H and O–H groups in total. The number of carbonyl (C=O) groups is 1. The van der Waals surface area contributed by atoms with Crippen molar-refractivity contribution < 1.29 is 9.53 Å². The fourth-order valence-electron chi connectivity index (χ4n) is 2.81. The molecule has 23 heavy (non-hydrogen) atoms. The molecule has 0 bridgehead atoms. The number of fused-ring (bicyclic) bond motifs is 1. The minimum atomic E-state index is -0.0625. The summed E-state index contributed by atoms with van der Waals surface area (Å²) in [5, 5.41) is 6.47. The summed E-state index contributed by atoms with van der Waals surface area (Å²) in [5.74, 6) is 0.687. The number of methoxy groups -OCH3 is 1. The van der Waals surface area contributed by atoms with Crippen molar-refractivity contribution in [3.8, 4) is 5.75 Å². The Bertz CT molecular complexity index is 658. The second-order valence-corrected chi connectivity index (χ2v) is 5.39. The molecular formula is C18H21ClN2O2. The van der Waals surface area contributed by atoms with Gasteiger partial charge in [-0.2, -0.15) is 0 Å². The highest BCUT2D eigenvalue weighted by Gasteiger charge is 2.19. The van der Waals surface area contributed by atoms with Crippen LogP contribution in [0.5, 0.6) is 5.75 Å². The van der Waals surface area contributed by atoms with Crippen LogP contribution in [0.15, 0.2) is 48.5 Å². The van der Waals surface area contributed by atoms with E-state index in [0.717, 1.165) is 18.7 Å². The van der Waals surface area contributed by atoms with Crippen LogP contribution >= 0.6 is 12.4 Å². The van der Waals surface area contributed by atoms with Crippen molar-refractivity contribution in [1.29, 1.82) is 0 Å². The number of hydrogen-bond acceptors (Lipinski definition) is 3. The molecule has 0 spiro atoms. The van der Waals surface area contributed by atoms with E-state index in [-0.39, 0.29) is 24.4 Å². The molecule has 1 aliphatic heterocycles. The number of ether oxygens (including phenoxy) is 1. The topological polar surface area (TPSA) is 50.4 Å². The molecule has 3 rings (SSSR count). The molecular weight excluding hydrogens is 312 g/mol. The van der Waals surface area contributed by atoms with Crippen LogP contribution in [-0.4, -0.2) is 26.1 Å². The van der Waals surface area contributed by atoms with Gasteiger partial charge in [-0.25, -0.2) is 0 Å². The number of carbonyl (C=O) groups excluding carboxylic acids is 1. The van der Waals surface area contributed by atoms with Gasteiger partial charge in [0.05, 0.1) is 7.11 Å². The molecule has 0 aromatic heterocycles. The summed E-state index contributed by atoms with van der Waals surface area (Å²) in [6, 6.07) is 15.7. The number of nitrogens with one attached hydrogen (secondary N) is 2. The zero-order valence-electron chi connectivity index (χ0n) is 13.0. The van der Waals surface area contributed by atoms with Crippen molar-refractivity contribution in [3.05, 3.63) is 65.2 Å². The Labute approximate surface area is 142 Å². The van der Waals surface area contributed by atoms with E-state index < -0.39 is 0 Å². The molecule has 0 saturated carbocycles. The van der Waals surface area contributed by atoms with Crippen molar-refractivity contribution in [2.45, 2.75) is 12.5 Å². The van der Waals surface area contributed by atoms with Crippen LogP contribution in [0.2, 0.25) is 0 Å². The predicted molar refractivity (Wildman–Crippen MR) is 93.5 cm³/mol. The Morgan fingerprint density at radius 3 is 2.70 bits per heavy atom. The highest BCUT2D eigenvalue weighted by molar-refractivity contribution is 5.94. The van der Waals surface area contributed by atoms with Gasteiger partial charge in [0.15, 0.2) is 0 Å². The first-order chi connectivity index (χ1) is 10.8. The number of hydrogen-bond donors (Lipinski definition) is 2. The fourth-order valence-corrected chi connectivity index (χ4v) is 2.81. The zero-order chi connectivity index (χ0) is 15.4. The third kappa shape index (κ3) is 4.03. The standard InChI is InChI=1S/C18H20N2O2.ClH/c1-22-15-8-6-14(7-9-15)18(21)20-12-17-16-5-3-2-4-13(16)10-11-19-17;/h2-9,17,19H,10-12H2,1H3,(H,20,21);1H. The van der Waals surface area contributed by atoms with E-state index in [0.29, 0.717) is 12.1 Å². The fraction of sp³-hybridized carbons (Fsp3) is 0.278. The molecule has 2 aromatic rings. The summed E-state index contributed by atoms with van der Waals surface area (Å²) in [6.45, 7) is 1.53. The minimum Gasteiger partial charge on any atom is -0.497 e. The highest BCUT2D eigenvalue weighted by atomic mass is 35.5. The quantitative estimate of drug-likeness (QED) is 0.905. The third-order valence-corrected chi connectivity index (χ3v) is 4.03. The first-order valence-corrected chi connectivity index (χ1v) is 7.51. The first-order valence-electron chi connectivity index (χ1n) is 7.51. The number of halogens is 1. The van der Waals surface area contributed by atoms with Gasteiger partial charge in [-0.3, -0.25) is 4.79 Å². The summed E-state index contributed by atoms with van der Waals surface area (Å²) >= 11 is 0. The van der Waals surface area contributed by atoms with Crippen molar-refractivity contribution in [2.75, 3.05) is 20.2 Å². The van der Waals surface area contributed by atoms with Crippen LogP contribution < -0.4 is 15.4 Å². The van der Waals surface area contributed by atoms with Crippen LogP contribution in [-0.2, 0) is 6.42 Å². The van der Waals surface area contributed by atoms with Gasteiger partial charge in [0.25, 0.3) is 5.91 Å². The number of rotatable bonds is 4. The molecule has 2 aromatic carbocycles. The SMILES string of the molecule is COc1ccc(C(=O)NCC2NCCc3ccccc32)cc1.Cl. The van der Waals surface area contributed by atoms with Gasteiger partial charge in [-0.1, -0.05) is 24.3 Å². The summed E-state index contributed by atoms with van der Waals surface area (Å²) in [6.07, 6.45) is 1.04. The van der Waals surface area contributed by atoms with Crippen LogP contribution in [0.1, 0.15) is 27.5 Å². The molecule has 1 amide bonds. The lowest BCUT2D eigenvalue weighted by Crippen LogP contribution is -2.38. The van der Waals surface area contributed by atoms with Crippen LogP contribution in [0, 0.1) is 0 Å². The second kappa shape index (κ2) is 7.99. The zero-order valence-corrected chi connectivity index (χ0v) is 13.9. The van der Waals surface area contributed by atoms with E-state index in [1.54, 1.807) is 31.4 Å². The molecule has 1 unspecified atom stereocenters. The maximum absolute atomic E-state index is 12.2. The number of amides is 1. The summed E-state index contributed by atoms with van der Waals surface area (Å²) in [4.78, 5) is 12.2. The van der Waals surface area contributed by atoms with Gasteiger partial charge >= 0.3 is 0 Å². The lowest BCUT2D eigenvalue weighted by atomic mass is 9.94. The Hall–Kier alpha value is -2.04. The highest BCUT2D eigenvalue weighted by Crippen LogP contribution is 2.22. The molecule has 0 saturated heterocycles. The lowest BCUT2D eigenvalue weighted by Gasteiger charge is -2.27. The lowest BCUT2D eigenvalue weighted by molar-refractivity contribution is 0.0949. The molecule has 122 valence electrons. The van der Waals surface area contributed by atoms with E-state index in [2.05, 4.69) is 28.8 Å². The molecule has 1 aliphatic rings. The normalized spacial score (nSPS) is 16.0. The average molecular weight is 333 g/mol. The second-order valence-electron chi connectivity index (χ2n) is 5.39. The maximum atomic E-state index is 12.2. The van der Waals surface area contributed by atoms with Gasteiger partial charge in [0.1, 0.15) is 5.75 Å². The Morgan fingerprint density at radius 1 is 1.22 bits per heavy atom. The maximum Gasteiger partial charge on any atom is 0.251 e. The molecule has 1 heterocycles. The molecule has 5 heteroatoms. The minimum absolute atomic E-state index is 0. The number of benzene rings is 2. The summed E-state index contributed by atoms with van der Waals surface area (Å²) in [5.41, 5.74) is 3.29. The van der Waals surface area contributed by atoms with E-state index in [1.807, 2.05) is 6.07 Å². The van der Waals surface area contributed by atoms with Gasteiger partial charge in [0, 0.05) is 18.2 Å². The largest absolute Gasteiger partial charge is 0.497 e. The van der Waals surface area contributed by atoms with Crippen molar-refractivity contribution >= 4 is 18.3 Å². The van der Waals surface area contributed by atoms with E-state index >= 15 is 0 Å². The Kier molecular flexibility index (Phi) is 6.02. The van der Waals surface area contributed by atoms with E-state index in [9.17, 15) is 4.79 Å². The third-order valence-electron chi connectivity index (χ3n) is 4.03. The molecule has 1 atom stereocenters. The predicted octanol–water partition coefficient (Wildman–Crippen LogP) is 2.73. The van der Waals surface area contributed by atoms with Gasteiger partial charge in [0.2, 0.25) is 0 Å². The first kappa shape index (κ1) is 17.3. The van der Waals surface area contributed by atoms with Crippen molar-refractivity contribution in [1.82, 2.24) is 10.6 Å². The molecule has 0 aliphatic carbocycles. The summed E-state index contributed by atoms with van der Waals surface area (Å²) in [7, 11) is 1.61. The van der Waals surface area contributed by atoms with Crippen LogP contribution in [0.4, 0.5) is 0 Å². The van der Waals surface area contributed by atoms with Crippen LogP contribution in [0.25, 0.3) is 0 Å². The smallest absolute Gasteiger partial charge is 0.251 e. The van der Waals surface area contributed by atoms with Gasteiger partial charge in [-0.15, -0.1) is 12.4 Å². The van der Waals surface area contributed by atoms with Gasteiger partial charge in [-0.05, 0) is 48.4 Å². The van der Waals surface area contributed by atoms with Crippen molar-refractivity contribution in [2.24, 2.45) is 0 Å².